The van der Waals surface area contributed by atoms with Crippen LogP contribution in [0.1, 0.15) is 17.2 Å². The molecule has 1 aromatic heterocycles. The predicted molar refractivity (Wildman–Crippen MR) is 83.6 cm³/mol. The van der Waals surface area contributed by atoms with Gasteiger partial charge in [-0.1, -0.05) is 18.2 Å². The molecule has 1 aromatic carbocycles. The van der Waals surface area contributed by atoms with Crippen LogP contribution < -0.4 is 5.32 Å². The molecule has 128 valence electrons. The Morgan fingerprint density at radius 1 is 1.42 bits per heavy atom. The van der Waals surface area contributed by atoms with Gasteiger partial charge in [0.25, 0.3) is 0 Å². The van der Waals surface area contributed by atoms with Gasteiger partial charge in [-0.05, 0) is 18.6 Å². The maximum Gasteiger partial charge on any atom is 0.183 e. The van der Waals surface area contributed by atoms with Gasteiger partial charge in [0, 0.05) is 18.3 Å². The Hall–Kier alpha value is -1.80. The number of aliphatic hydroxyl groups excluding tert-OH is 1. The summed E-state index contributed by atoms with van der Waals surface area (Å²) in [6.07, 6.45) is 2.06. The summed E-state index contributed by atoms with van der Waals surface area (Å²) in [5.74, 6) is -0.268. The van der Waals surface area contributed by atoms with Crippen molar-refractivity contribution in [2.75, 3.05) is 6.61 Å². The van der Waals surface area contributed by atoms with Gasteiger partial charge in [-0.25, -0.2) is 4.39 Å². The van der Waals surface area contributed by atoms with Gasteiger partial charge in [0.15, 0.2) is 6.29 Å². The molecule has 2 aliphatic heterocycles. The molecule has 6 nitrogen and oxygen atoms in total. The SMILES string of the molecule is Cc1cnn(C2C3OCC(O3)C(NCc3ccccc3F)C2O)c1. The third kappa shape index (κ3) is 2.73. The molecular weight excluding hydrogens is 313 g/mol. The van der Waals surface area contributed by atoms with Gasteiger partial charge >= 0.3 is 0 Å². The zero-order valence-electron chi connectivity index (χ0n) is 13.3. The van der Waals surface area contributed by atoms with E-state index in [0.717, 1.165) is 5.56 Å². The van der Waals surface area contributed by atoms with Crippen LogP contribution in [0.2, 0.25) is 0 Å². The lowest BCUT2D eigenvalue weighted by molar-refractivity contribution is -0.168. The highest BCUT2D eigenvalue weighted by Crippen LogP contribution is 2.35. The predicted octanol–water partition coefficient (Wildman–Crippen LogP) is 1.15. The Morgan fingerprint density at radius 3 is 3.00 bits per heavy atom. The van der Waals surface area contributed by atoms with Gasteiger partial charge < -0.3 is 19.9 Å². The molecule has 2 aliphatic rings. The first kappa shape index (κ1) is 15.7. The summed E-state index contributed by atoms with van der Waals surface area (Å²) in [4.78, 5) is 0. The van der Waals surface area contributed by atoms with Gasteiger partial charge in [0.2, 0.25) is 0 Å². The highest BCUT2D eigenvalue weighted by molar-refractivity contribution is 5.17. The van der Waals surface area contributed by atoms with E-state index >= 15 is 0 Å². The lowest BCUT2D eigenvalue weighted by atomic mass is 9.96. The number of hydrogen-bond acceptors (Lipinski definition) is 5. The maximum absolute atomic E-state index is 13.8. The van der Waals surface area contributed by atoms with Crippen LogP contribution in [0.4, 0.5) is 4.39 Å². The minimum absolute atomic E-state index is 0.260. The summed E-state index contributed by atoms with van der Waals surface area (Å²) >= 11 is 0. The van der Waals surface area contributed by atoms with Crippen molar-refractivity contribution in [3.05, 3.63) is 53.6 Å². The number of aryl methyl sites for hydroxylation is 1. The Morgan fingerprint density at radius 2 is 2.25 bits per heavy atom. The highest BCUT2D eigenvalue weighted by atomic mass is 19.1. The van der Waals surface area contributed by atoms with Crippen LogP contribution in [-0.2, 0) is 16.0 Å². The molecule has 2 fully saturated rings. The minimum Gasteiger partial charge on any atom is -0.389 e. The van der Waals surface area contributed by atoms with Crippen LogP contribution in [-0.4, -0.2) is 46.0 Å². The Labute approximate surface area is 139 Å². The Bertz CT molecular complexity index is 723. The molecule has 2 saturated heterocycles. The molecule has 2 N–H and O–H groups in total. The second kappa shape index (κ2) is 6.25. The fourth-order valence-corrected chi connectivity index (χ4v) is 3.40. The zero-order valence-corrected chi connectivity index (χ0v) is 13.3. The summed E-state index contributed by atoms with van der Waals surface area (Å²) in [5.41, 5.74) is 1.55. The average molecular weight is 333 g/mol. The molecule has 3 heterocycles. The number of ether oxygens (including phenoxy) is 2. The van der Waals surface area contributed by atoms with E-state index < -0.39 is 18.4 Å². The van der Waals surface area contributed by atoms with Crippen LogP contribution in [0, 0.1) is 12.7 Å². The number of nitrogens with one attached hydrogen (secondary N) is 1. The number of aromatic nitrogens is 2. The standard InChI is InChI=1S/C17H20FN3O3/c1-10-6-20-21(8-10)15-16(22)14(13-9-23-17(15)24-13)19-7-11-4-2-3-5-12(11)18/h2-6,8,13-17,19,22H,7,9H2,1H3. The average Bonchev–Trinajstić information content (AvgIpc) is 3.17. The molecule has 5 atom stereocenters. The molecule has 24 heavy (non-hydrogen) atoms. The van der Waals surface area contributed by atoms with Crippen molar-refractivity contribution >= 4 is 0 Å². The fourth-order valence-electron chi connectivity index (χ4n) is 3.40. The van der Waals surface area contributed by atoms with E-state index in [-0.39, 0.29) is 18.0 Å². The maximum atomic E-state index is 13.8. The van der Waals surface area contributed by atoms with Crippen molar-refractivity contribution in [3.8, 4) is 0 Å². The minimum atomic E-state index is -0.748. The third-order valence-electron chi connectivity index (χ3n) is 4.65. The van der Waals surface area contributed by atoms with E-state index in [1.165, 1.54) is 6.07 Å². The molecule has 4 rings (SSSR count). The molecule has 0 amide bonds. The van der Waals surface area contributed by atoms with Crippen LogP contribution in [0.3, 0.4) is 0 Å². The normalized spacial score (nSPS) is 32.2. The van der Waals surface area contributed by atoms with Crippen LogP contribution in [0.15, 0.2) is 36.7 Å². The van der Waals surface area contributed by atoms with Gasteiger partial charge in [-0.3, -0.25) is 4.68 Å². The number of halogens is 1. The smallest absolute Gasteiger partial charge is 0.183 e. The van der Waals surface area contributed by atoms with E-state index in [1.54, 1.807) is 29.1 Å². The monoisotopic (exact) mass is 333 g/mol. The number of aliphatic hydroxyl groups is 1. The molecule has 5 unspecified atom stereocenters. The molecule has 0 radical (unpaired) electrons. The number of hydrogen-bond donors (Lipinski definition) is 2. The summed E-state index contributed by atoms with van der Waals surface area (Å²) in [7, 11) is 0. The van der Waals surface area contributed by atoms with Gasteiger partial charge in [-0.2, -0.15) is 5.10 Å². The van der Waals surface area contributed by atoms with E-state index in [2.05, 4.69) is 10.4 Å². The molecule has 0 saturated carbocycles. The molecule has 0 aliphatic carbocycles. The second-order valence-corrected chi connectivity index (χ2v) is 6.35. The fraction of sp³-hybridized carbons (Fsp3) is 0.471. The van der Waals surface area contributed by atoms with E-state index in [4.69, 9.17) is 9.47 Å². The van der Waals surface area contributed by atoms with E-state index in [9.17, 15) is 9.50 Å². The molecule has 0 spiro atoms. The van der Waals surface area contributed by atoms with Gasteiger partial charge in [0.1, 0.15) is 18.0 Å². The first-order chi connectivity index (χ1) is 11.6. The quantitative estimate of drug-likeness (QED) is 0.878. The van der Waals surface area contributed by atoms with Crippen molar-refractivity contribution in [1.82, 2.24) is 15.1 Å². The Kier molecular flexibility index (Phi) is 4.09. The van der Waals surface area contributed by atoms with Crippen molar-refractivity contribution in [3.63, 3.8) is 0 Å². The van der Waals surface area contributed by atoms with E-state index in [0.29, 0.717) is 18.7 Å². The van der Waals surface area contributed by atoms with Crippen LogP contribution in [0.5, 0.6) is 0 Å². The number of benzene rings is 1. The van der Waals surface area contributed by atoms with Crippen molar-refractivity contribution in [2.24, 2.45) is 0 Å². The summed E-state index contributed by atoms with van der Waals surface area (Å²) in [5, 5.41) is 18.4. The van der Waals surface area contributed by atoms with E-state index in [1.807, 2.05) is 13.1 Å². The lowest BCUT2D eigenvalue weighted by Crippen LogP contribution is -2.57. The number of nitrogens with zero attached hydrogens (tertiary/aromatic N) is 2. The summed E-state index contributed by atoms with van der Waals surface area (Å²) in [6, 6.07) is 5.80. The highest BCUT2D eigenvalue weighted by Gasteiger charge is 2.51. The van der Waals surface area contributed by atoms with Crippen molar-refractivity contribution in [2.45, 2.75) is 44.1 Å². The first-order valence-corrected chi connectivity index (χ1v) is 8.06. The number of rotatable bonds is 4. The van der Waals surface area contributed by atoms with Crippen molar-refractivity contribution in [1.29, 1.82) is 0 Å². The molecule has 2 aromatic rings. The molecule has 2 bridgehead atoms. The summed E-state index contributed by atoms with van der Waals surface area (Å²) in [6.45, 7) is 2.64. The topological polar surface area (TPSA) is 68.5 Å². The summed E-state index contributed by atoms with van der Waals surface area (Å²) < 4.78 is 27.0. The molecular formula is C17H20FN3O3. The zero-order chi connectivity index (χ0) is 16.7. The largest absolute Gasteiger partial charge is 0.389 e. The van der Waals surface area contributed by atoms with Crippen LogP contribution >= 0.6 is 0 Å². The van der Waals surface area contributed by atoms with Crippen LogP contribution in [0.25, 0.3) is 0 Å². The van der Waals surface area contributed by atoms with Gasteiger partial charge in [0.05, 0.1) is 24.9 Å². The first-order valence-electron chi connectivity index (χ1n) is 8.06. The lowest BCUT2D eigenvalue weighted by Gasteiger charge is -2.38. The number of fused-ring (bicyclic) bond motifs is 2. The Balaban J connectivity index is 1.53. The second-order valence-electron chi connectivity index (χ2n) is 6.35. The molecule has 7 heteroatoms. The van der Waals surface area contributed by atoms with Crippen molar-refractivity contribution < 1.29 is 19.0 Å². The van der Waals surface area contributed by atoms with Gasteiger partial charge in [-0.15, -0.1) is 0 Å². The third-order valence-corrected chi connectivity index (χ3v) is 4.65.